The average Bonchev–Trinajstić information content (AvgIpc) is 2.38. The Balaban J connectivity index is 2.44. The van der Waals surface area contributed by atoms with E-state index in [1.54, 1.807) is 31.4 Å². The number of nitrogens with zero attached hydrogens (tertiary/aromatic N) is 1. The minimum atomic E-state index is -0.943. The Kier molecular flexibility index (Phi) is 6.84. The van der Waals surface area contributed by atoms with E-state index in [2.05, 4.69) is 5.32 Å². The summed E-state index contributed by atoms with van der Waals surface area (Å²) in [6.07, 6.45) is 0. The Morgan fingerprint density at radius 3 is 2.48 bits per heavy atom. The van der Waals surface area contributed by atoms with Crippen molar-refractivity contribution < 1.29 is 19.4 Å². The first kappa shape index (κ1) is 17.1. The highest BCUT2D eigenvalue weighted by Gasteiger charge is 2.10. The number of rotatable bonds is 8. The summed E-state index contributed by atoms with van der Waals surface area (Å²) >= 11 is 0. The molecule has 0 fully saturated rings. The molecular formula is C15H22N2O4. The number of hydrogen-bond acceptors (Lipinski definition) is 4. The van der Waals surface area contributed by atoms with Crippen LogP contribution in [0.15, 0.2) is 24.3 Å². The van der Waals surface area contributed by atoms with Gasteiger partial charge in [0.1, 0.15) is 0 Å². The number of hydrogen-bond donors (Lipinski definition) is 2. The van der Waals surface area contributed by atoms with Crippen molar-refractivity contribution in [3.05, 3.63) is 35.4 Å². The van der Waals surface area contributed by atoms with Gasteiger partial charge < -0.3 is 15.2 Å². The van der Waals surface area contributed by atoms with Crippen molar-refractivity contribution in [1.82, 2.24) is 10.2 Å². The first-order valence-electron chi connectivity index (χ1n) is 6.71. The van der Waals surface area contributed by atoms with E-state index in [0.29, 0.717) is 13.2 Å². The summed E-state index contributed by atoms with van der Waals surface area (Å²) in [5, 5.41) is 11.7. The first-order valence-corrected chi connectivity index (χ1v) is 6.71. The molecule has 0 radical (unpaired) electrons. The van der Waals surface area contributed by atoms with Crippen LogP contribution >= 0.6 is 0 Å². The molecule has 1 amide bonds. The zero-order chi connectivity index (χ0) is 15.8. The van der Waals surface area contributed by atoms with Gasteiger partial charge in [-0.25, -0.2) is 4.79 Å². The number of ether oxygens (including phenoxy) is 1. The van der Waals surface area contributed by atoms with Crippen molar-refractivity contribution in [2.45, 2.75) is 19.5 Å². The van der Waals surface area contributed by atoms with Gasteiger partial charge in [-0.05, 0) is 31.7 Å². The quantitative estimate of drug-likeness (QED) is 0.747. The monoisotopic (exact) mass is 294 g/mol. The van der Waals surface area contributed by atoms with Crippen molar-refractivity contribution in [3.63, 3.8) is 0 Å². The molecule has 0 aliphatic carbocycles. The molecule has 0 aliphatic rings. The molecule has 6 heteroatoms. The largest absolute Gasteiger partial charge is 0.478 e. The summed E-state index contributed by atoms with van der Waals surface area (Å²) in [4.78, 5) is 24.4. The Morgan fingerprint density at radius 1 is 1.33 bits per heavy atom. The molecule has 1 aromatic carbocycles. The third kappa shape index (κ3) is 6.37. The van der Waals surface area contributed by atoms with Crippen LogP contribution in [0.25, 0.3) is 0 Å². The van der Waals surface area contributed by atoms with Crippen LogP contribution in [0, 0.1) is 0 Å². The van der Waals surface area contributed by atoms with E-state index < -0.39 is 5.97 Å². The summed E-state index contributed by atoms with van der Waals surface area (Å²) < 4.78 is 4.96. The number of carbonyl (C=O) groups is 2. The van der Waals surface area contributed by atoms with Crippen molar-refractivity contribution in [2.24, 2.45) is 0 Å². The fourth-order valence-electron chi connectivity index (χ4n) is 1.98. The minimum absolute atomic E-state index is 0.0225. The van der Waals surface area contributed by atoms with Gasteiger partial charge in [0.2, 0.25) is 5.91 Å². The Labute approximate surface area is 124 Å². The smallest absolute Gasteiger partial charge is 0.335 e. The molecule has 1 atom stereocenters. The molecule has 0 saturated heterocycles. The van der Waals surface area contributed by atoms with Crippen LogP contribution in [0.4, 0.5) is 0 Å². The lowest BCUT2D eigenvalue weighted by Crippen LogP contribution is -2.41. The van der Waals surface area contributed by atoms with E-state index in [-0.39, 0.29) is 24.1 Å². The van der Waals surface area contributed by atoms with Crippen molar-refractivity contribution in [3.8, 4) is 0 Å². The number of aromatic carboxylic acids is 1. The second-order valence-electron chi connectivity index (χ2n) is 5.10. The number of likely N-dealkylation sites (N-methyl/N-ethyl adjacent to an activating group) is 1. The molecule has 0 spiro atoms. The predicted octanol–water partition coefficient (Wildman–Crippen LogP) is 0.968. The molecule has 6 nitrogen and oxygen atoms in total. The maximum Gasteiger partial charge on any atom is 0.335 e. The average molecular weight is 294 g/mol. The van der Waals surface area contributed by atoms with Crippen molar-refractivity contribution in [1.29, 1.82) is 0 Å². The van der Waals surface area contributed by atoms with E-state index in [0.717, 1.165) is 5.56 Å². The molecule has 116 valence electrons. The molecular weight excluding hydrogens is 272 g/mol. The molecule has 1 aromatic rings. The maximum absolute atomic E-state index is 11.8. The third-order valence-corrected chi connectivity index (χ3v) is 2.89. The number of carbonyl (C=O) groups excluding carboxylic acids is 1. The van der Waals surface area contributed by atoms with Gasteiger partial charge in [-0.3, -0.25) is 9.69 Å². The van der Waals surface area contributed by atoms with E-state index in [1.807, 2.05) is 18.9 Å². The number of nitrogens with one attached hydrogen (secondary N) is 1. The van der Waals surface area contributed by atoms with Gasteiger partial charge in [0.25, 0.3) is 0 Å². The van der Waals surface area contributed by atoms with Gasteiger partial charge >= 0.3 is 5.97 Å². The molecule has 0 saturated carbocycles. The zero-order valence-electron chi connectivity index (χ0n) is 12.6. The summed E-state index contributed by atoms with van der Waals surface area (Å²) in [6.45, 7) is 3.21. The van der Waals surface area contributed by atoms with Crippen LogP contribution in [-0.4, -0.2) is 55.2 Å². The summed E-state index contributed by atoms with van der Waals surface area (Å²) in [7, 11) is 3.43. The van der Waals surface area contributed by atoms with Crippen molar-refractivity contribution in [2.75, 3.05) is 27.3 Å². The third-order valence-electron chi connectivity index (χ3n) is 2.89. The van der Waals surface area contributed by atoms with Crippen LogP contribution in [0.1, 0.15) is 22.8 Å². The van der Waals surface area contributed by atoms with Gasteiger partial charge in [-0.1, -0.05) is 12.1 Å². The molecule has 21 heavy (non-hydrogen) atoms. The van der Waals surface area contributed by atoms with Gasteiger partial charge in [0, 0.05) is 19.7 Å². The maximum atomic E-state index is 11.8. The molecule has 0 aromatic heterocycles. The Morgan fingerprint density at radius 2 is 1.95 bits per heavy atom. The highest BCUT2D eigenvalue weighted by Crippen LogP contribution is 2.06. The molecule has 0 heterocycles. The topological polar surface area (TPSA) is 78.9 Å². The molecule has 1 unspecified atom stereocenters. The van der Waals surface area contributed by atoms with Crippen LogP contribution in [0.2, 0.25) is 0 Å². The number of methoxy groups -OCH3 is 1. The predicted molar refractivity (Wildman–Crippen MR) is 79.2 cm³/mol. The SMILES string of the molecule is COCC(C)NC(=O)CN(C)Cc1ccc(C(=O)O)cc1. The molecule has 2 N–H and O–H groups in total. The van der Waals surface area contributed by atoms with E-state index in [9.17, 15) is 9.59 Å². The van der Waals surface area contributed by atoms with E-state index in [4.69, 9.17) is 9.84 Å². The lowest BCUT2D eigenvalue weighted by Gasteiger charge is -2.18. The van der Waals surface area contributed by atoms with Crippen LogP contribution in [0.3, 0.4) is 0 Å². The summed E-state index contributed by atoms with van der Waals surface area (Å²) in [5.41, 5.74) is 1.22. The van der Waals surface area contributed by atoms with Crippen LogP contribution in [0.5, 0.6) is 0 Å². The normalized spacial score (nSPS) is 12.2. The lowest BCUT2D eigenvalue weighted by molar-refractivity contribution is -0.123. The Hall–Kier alpha value is -1.92. The minimum Gasteiger partial charge on any atom is -0.478 e. The van der Waals surface area contributed by atoms with E-state index in [1.165, 1.54) is 0 Å². The second kappa shape index (κ2) is 8.39. The highest BCUT2D eigenvalue weighted by molar-refractivity contribution is 5.87. The highest BCUT2D eigenvalue weighted by atomic mass is 16.5. The fourth-order valence-corrected chi connectivity index (χ4v) is 1.98. The zero-order valence-corrected chi connectivity index (χ0v) is 12.6. The van der Waals surface area contributed by atoms with Gasteiger partial charge in [0.05, 0.1) is 18.7 Å². The van der Waals surface area contributed by atoms with E-state index >= 15 is 0 Å². The molecule has 0 aliphatic heterocycles. The standard InChI is InChI=1S/C15H22N2O4/c1-11(10-21-3)16-14(18)9-17(2)8-12-4-6-13(7-5-12)15(19)20/h4-7,11H,8-10H2,1-3H3,(H,16,18)(H,19,20). The van der Waals surface area contributed by atoms with Gasteiger partial charge in [-0.2, -0.15) is 0 Å². The lowest BCUT2D eigenvalue weighted by atomic mass is 10.1. The summed E-state index contributed by atoms with van der Waals surface area (Å²) in [6, 6.07) is 6.61. The van der Waals surface area contributed by atoms with Crippen LogP contribution < -0.4 is 5.32 Å². The summed E-state index contributed by atoms with van der Waals surface area (Å²) in [5.74, 6) is -1.01. The first-order chi connectivity index (χ1) is 9.92. The van der Waals surface area contributed by atoms with Gasteiger partial charge in [-0.15, -0.1) is 0 Å². The number of carboxylic acids is 1. The molecule has 0 bridgehead atoms. The van der Waals surface area contributed by atoms with Crippen LogP contribution in [-0.2, 0) is 16.1 Å². The second-order valence-corrected chi connectivity index (χ2v) is 5.10. The Bertz CT molecular complexity index is 473. The van der Waals surface area contributed by atoms with Crippen molar-refractivity contribution >= 4 is 11.9 Å². The molecule has 1 rings (SSSR count). The van der Waals surface area contributed by atoms with Gasteiger partial charge in [0.15, 0.2) is 0 Å². The number of carboxylic acid groups (broad SMARTS) is 1. The number of benzene rings is 1. The fraction of sp³-hybridized carbons (Fsp3) is 0.467. The number of amides is 1.